The highest BCUT2D eigenvalue weighted by Gasteiger charge is 2.21. The molecule has 0 rings (SSSR count). The monoisotopic (exact) mass is 262 g/mol. The zero-order valence-electron chi connectivity index (χ0n) is 11.4. The van der Waals surface area contributed by atoms with Gasteiger partial charge in [-0.25, -0.2) is 0 Å². The number of carbonyl (C=O) groups is 1. The van der Waals surface area contributed by atoms with Crippen molar-refractivity contribution >= 4 is 17.7 Å². The lowest BCUT2D eigenvalue weighted by Crippen LogP contribution is -2.39. The van der Waals surface area contributed by atoms with Gasteiger partial charge in [0.2, 0.25) is 5.91 Å². The number of rotatable bonds is 10. The quantitative estimate of drug-likeness (QED) is 0.579. The second-order valence-corrected chi connectivity index (χ2v) is 5.57. The Balaban J connectivity index is 3.67. The topological polar surface area (TPSA) is 50.4 Å². The predicted molar refractivity (Wildman–Crippen MR) is 74.5 cm³/mol. The highest BCUT2D eigenvalue weighted by Crippen LogP contribution is 2.18. The average Bonchev–Trinajstić information content (AvgIpc) is 2.29. The molecule has 0 aromatic rings. The van der Waals surface area contributed by atoms with Crippen molar-refractivity contribution in [3.8, 4) is 0 Å². The molecule has 0 aromatic heterocycles. The molecule has 2 N–H and O–H groups in total. The maximum atomic E-state index is 11.9. The van der Waals surface area contributed by atoms with Gasteiger partial charge < -0.3 is 15.4 Å². The third kappa shape index (κ3) is 8.46. The molecule has 1 amide bonds. The first-order chi connectivity index (χ1) is 8.13. The van der Waals surface area contributed by atoms with Crippen LogP contribution in [0.3, 0.4) is 0 Å². The summed E-state index contributed by atoms with van der Waals surface area (Å²) in [6.07, 6.45) is 0. The van der Waals surface area contributed by atoms with Crippen LogP contribution in [-0.2, 0) is 9.53 Å². The summed E-state index contributed by atoms with van der Waals surface area (Å²) in [6.45, 7) is 9.25. The Bertz CT molecular complexity index is 201. The standard InChI is InChI=1S/C12H26N2O2S/c1-5-17-11(10(2)3)12(15)14-7-6-13-8-9-16-4/h10-11,13H,5-9H2,1-4H3,(H,14,15). The zero-order valence-corrected chi connectivity index (χ0v) is 12.2. The lowest BCUT2D eigenvalue weighted by Gasteiger charge is -2.19. The molecule has 5 heteroatoms. The van der Waals surface area contributed by atoms with E-state index in [9.17, 15) is 4.79 Å². The van der Waals surface area contributed by atoms with Gasteiger partial charge in [0.05, 0.1) is 11.9 Å². The van der Waals surface area contributed by atoms with Crippen molar-refractivity contribution in [3.63, 3.8) is 0 Å². The molecule has 17 heavy (non-hydrogen) atoms. The molecular weight excluding hydrogens is 236 g/mol. The molecule has 1 unspecified atom stereocenters. The van der Waals surface area contributed by atoms with E-state index in [4.69, 9.17) is 4.74 Å². The van der Waals surface area contributed by atoms with Crippen molar-refractivity contribution in [1.29, 1.82) is 0 Å². The first kappa shape index (κ1) is 16.7. The third-order valence-corrected chi connectivity index (χ3v) is 3.74. The van der Waals surface area contributed by atoms with Crippen LogP contribution in [0.2, 0.25) is 0 Å². The van der Waals surface area contributed by atoms with E-state index < -0.39 is 0 Å². The Hall–Kier alpha value is -0.260. The molecule has 0 aromatic carbocycles. The van der Waals surface area contributed by atoms with Crippen LogP contribution < -0.4 is 10.6 Å². The van der Waals surface area contributed by atoms with Crippen molar-refractivity contribution < 1.29 is 9.53 Å². The molecule has 1 atom stereocenters. The number of hydrogen-bond donors (Lipinski definition) is 2. The fourth-order valence-corrected chi connectivity index (χ4v) is 2.40. The van der Waals surface area contributed by atoms with Gasteiger partial charge in [0.15, 0.2) is 0 Å². The highest BCUT2D eigenvalue weighted by atomic mass is 32.2. The summed E-state index contributed by atoms with van der Waals surface area (Å²) >= 11 is 1.71. The van der Waals surface area contributed by atoms with E-state index >= 15 is 0 Å². The lowest BCUT2D eigenvalue weighted by molar-refractivity contribution is -0.121. The van der Waals surface area contributed by atoms with Crippen molar-refractivity contribution in [2.24, 2.45) is 5.92 Å². The normalized spacial score (nSPS) is 12.8. The van der Waals surface area contributed by atoms with Crippen LogP contribution in [0.1, 0.15) is 20.8 Å². The van der Waals surface area contributed by atoms with Gasteiger partial charge in [-0.2, -0.15) is 0 Å². The molecular formula is C12H26N2O2S. The highest BCUT2D eigenvalue weighted by molar-refractivity contribution is 8.00. The number of methoxy groups -OCH3 is 1. The van der Waals surface area contributed by atoms with E-state index in [0.717, 1.165) is 18.8 Å². The van der Waals surface area contributed by atoms with Gasteiger partial charge >= 0.3 is 0 Å². The Morgan fingerprint density at radius 3 is 2.53 bits per heavy atom. The predicted octanol–water partition coefficient (Wildman–Crippen LogP) is 1.12. The minimum absolute atomic E-state index is 0.0685. The van der Waals surface area contributed by atoms with Crippen molar-refractivity contribution in [3.05, 3.63) is 0 Å². The first-order valence-electron chi connectivity index (χ1n) is 6.22. The summed E-state index contributed by atoms with van der Waals surface area (Å²) in [5.74, 6) is 1.50. The van der Waals surface area contributed by atoms with Gasteiger partial charge in [-0.05, 0) is 11.7 Å². The molecule has 0 saturated heterocycles. The Morgan fingerprint density at radius 1 is 1.29 bits per heavy atom. The SMILES string of the molecule is CCSC(C(=O)NCCNCCOC)C(C)C. The summed E-state index contributed by atoms with van der Waals surface area (Å²) in [7, 11) is 1.68. The molecule has 0 radical (unpaired) electrons. The van der Waals surface area contributed by atoms with Crippen LogP contribution in [0.5, 0.6) is 0 Å². The van der Waals surface area contributed by atoms with E-state index in [1.807, 2.05) is 0 Å². The van der Waals surface area contributed by atoms with Crippen LogP contribution in [-0.4, -0.2) is 50.3 Å². The number of nitrogens with one attached hydrogen (secondary N) is 2. The Kier molecular flexibility index (Phi) is 10.7. The number of thioether (sulfide) groups is 1. The van der Waals surface area contributed by atoms with Crippen LogP contribution in [0.15, 0.2) is 0 Å². The van der Waals surface area contributed by atoms with Crippen molar-refractivity contribution in [1.82, 2.24) is 10.6 Å². The second kappa shape index (κ2) is 10.9. The van der Waals surface area contributed by atoms with Crippen LogP contribution >= 0.6 is 11.8 Å². The molecule has 0 fully saturated rings. The van der Waals surface area contributed by atoms with E-state index in [2.05, 4.69) is 31.4 Å². The molecule has 102 valence electrons. The minimum Gasteiger partial charge on any atom is -0.383 e. The summed E-state index contributed by atoms with van der Waals surface area (Å²) in [4.78, 5) is 11.9. The zero-order chi connectivity index (χ0) is 13.1. The molecule has 0 bridgehead atoms. The minimum atomic E-state index is 0.0685. The smallest absolute Gasteiger partial charge is 0.233 e. The Labute approximate surface area is 109 Å². The molecule has 0 aliphatic carbocycles. The van der Waals surface area contributed by atoms with Gasteiger partial charge in [0.1, 0.15) is 0 Å². The molecule has 4 nitrogen and oxygen atoms in total. The average molecular weight is 262 g/mol. The summed E-state index contributed by atoms with van der Waals surface area (Å²) in [6, 6.07) is 0. The summed E-state index contributed by atoms with van der Waals surface area (Å²) in [5, 5.41) is 6.23. The first-order valence-corrected chi connectivity index (χ1v) is 7.27. The molecule has 0 saturated carbocycles. The molecule has 0 heterocycles. The van der Waals surface area contributed by atoms with Gasteiger partial charge in [-0.15, -0.1) is 11.8 Å². The van der Waals surface area contributed by atoms with E-state index in [1.165, 1.54) is 0 Å². The van der Waals surface area contributed by atoms with Gasteiger partial charge in [0.25, 0.3) is 0 Å². The number of amides is 1. The van der Waals surface area contributed by atoms with E-state index in [1.54, 1.807) is 18.9 Å². The number of carbonyl (C=O) groups excluding carboxylic acids is 1. The number of ether oxygens (including phenoxy) is 1. The van der Waals surface area contributed by atoms with Gasteiger partial charge in [-0.3, -0.25) is 4.79 Å². The summed E-state index contributed by atoms with van der Waals surface area (Å²) in [5.41, 5.74) is 0. The van der Waals surface area contributed by atoms with Crippen LogP contribution in [0.4, 0.5) is 0 Å². The van der Waals surface area contributed by atoms with Crippen molar-refractivity contribution in [2.45, 2.75) is 26.0 Å². The fraction of sp³-hybridized carbons (Fsp3) is 0.917. The van der Waals surface area contributed by atoms with E-state index in [0.29, 0.717) is 19.1 Å². The maximum absolute atomic E-state index is 11.9. The molecule has 0 spiro atoms. The van der Waals surface area contributed by atoms with Gasteiger partial charge in [0, 0.05) is 26.7 Å². The molecule has 0 aliphatic rings. The van der Waals surface area contributed by atoms with Crippen molar-refractivity contribution in [2.75, 3.05) is 39.1 Å². The van der Waals surface area contributed by atoms with Crippen LogP contribution in [0, 0.1) is 5.92 Å². The second-order valence-electron chi connectivity index (χ2n) is 4.15. The Morgan fingerprint density at radius 2 is 2.00 bits per heavy atom. The lowest BCUT2D eigenvalue weighted by atomic mass is 10.1. The summed E-state index contributed by atoms with van der Waals surface area (Å²) < 4.78 is 4.92. The van der Waals surface area contributed by atoms with Gasteiger partial charge in [-0.1, -0.05) is 20.8 Å². The molecule has 0 aliphatic heterocycles. The number of hydrogen-bond acceptors (Lipinski definition) is 4. The van der Waals surface area contributed by atoms with Crippen LogP contribution in [0.25, 0.3) is 0 Å². The third-order valence-electron chi connectivity index (χ3n) is 2.29. The fourth-order valence-electron chi connectivity index (χ4n) is 1.42. The maximum Gasteiger partial charge on any atom is 0.233 e. The van der Waals surface area contributed by atoms with E-state index in [-0.39, 0.29) is 11.2 Å². The largest absolute Gasteiger partial charge is 0.383 e.